The first-order valence-electron chi connectivity index (χ1n) is 6.74. The lowest BCUT2D eigenvalue weighted by atomic mass is 10.1. The predicted molar refractivity (Wildman–Crippen MR) is 89.2 cm³/mol. The van der Waals surface area contributed by atoms with Crippen LogP contribution in [0.25, 0.3) is 0 Å². The average Bonchev–Trinajstić information content (AvgIpc) is 2.96. The summed E-state index contributed by atoms with van der Waals surface area (Å²) in [6.07, 6.45) is 3.60. The van der Waals surface area contributed by atoms with E-state index in [1.165, 1.54) is 28.9 Å². The number of fused-ring (bicyclic) bond motifs is 1. The second-order valence-electron chi connectivity index (χ2n) is 5.01. The molecule has 5 heteroatoms. The summed E-state index contributed by atoms with van der Waals surface area (Å²) in [6.45, 7) is 0. The molecule has 0 unspecified atom stereocenters. The minimum atomic E-state index is 0.125. The van der Waals surface area contributed by atoms with Crippen LogP contribution in [0.15, 0.2) is 55.8 Å². The average molecular weight is 363 g/mol. The first-order valence-corrected chi connectivity index (χ1v) is 8.35. The van der Waals surface area contributed by atoms with Crippen LogP contribution in [-0.2, 0) is 12.8 Å². The van der Waals surface area contributed by atoms with Crippen LogP contribution in [0.5, 0.6) is 0 Å². The maximum absolute atomic E-state index is 8.93. The van der Waals surface area contributed by atoms with Crippen LogP contribution in [0.2, 0.25) is 0 Å². The Hall–Kier alpha value is -1.46. The maximum Gasteiger partial charge on any atom is 0.171 e. The van der Waals surface area contributed by atoms with Crippen LogP contribution in [0.1, 0.15) is 23.1 Å². The van der Waals surface area contributed by atoms with Crippen LogP contribution in [0, 0.1) is 0 Å². The second kappa shape index (κ2) is 6.12. The summed E-state index contributed by atoms with van der Waals surface area (Å²) in [5.74, 6) is 0.125. The monoisotopic (exact) mass is 362 g/mol. The van der Waals surface area contributed by atoms with E-state index in [2.05, 4.69) is 39.3 Å². The number of amidine groups is 1. The normalized spacial score (nSPS) is 14.2. The van der Waals surface area contributed by atoms with Gasteiger partial charge in [-0.2, -0.15) is 0 Å². The van der Waals surface area contributed by atoms with Gasteiger partial charge < -0.3 is 10.9 Å². The van der Waals surface area contributed by atoms with E-state index in [0.29, 0.717) is 0 Å². The van der Waals surface area contributed by atoms with E-state index in [-0.39, 0.29) is 5.84 Å². The molecular weight excluding hydrogens is 348 g/mol. The summed E-state index contributed by atoms with van der Waals surface area (Å²) >= 11 is 5.06. The summed E-state index contributed by atoms with van der Waals surface area (Å²) < 4.78 is 0.905. The lowest BCUT2D eigenvalue weighted by Gasteiger charge is -2.10. The molecule has 108 valence electrons. The van der Waals surface area contributed by atoms with Crippen molar-refractivity contribution >= 4 is 33.5 Å². The molecular formula is C16H15BrN2OS. The minimum absolute atomic E-state index is 0.125. The molecule has 2 aromatic rings. The van der Waals surface area contributed by atoms with Crippen LogP contribution in [0.4, 0.5) is 0 Å². The second-order valence-corrected chi connectivity index (χ2v) is 7.04. The molecule has 0 aliphatic heterocycles. The third-order valence-electron chi connectivity index (χ3n) is 3.62. The van der Waals surface area contributed by atoms with Crippen molar-refractivity contribution in [1.29, 1.82) is 0 Å². The van der Waals surface area contributed by atoms with Gasteiger partial charge in [-0.3, -0.25) is 0 Å². The van der Waals surface area contributed by atoms with Gasteiger partial charge in [-0.25, -0.2) is 0 Å². The molecule has 1 aliphatic rings. The van der Waals surface area contributed by atoms with Gasteiger partial charge in [-0.05, 0) is 60.7 Å². The molecule has 0 bridgehead atoms. The summed E-state index contributed by atoms with van der Waals surface area (Å²) in [7, 11) is 0. The highest BCUT2D eigenvalue weighted by Gasteiger charge is 2.13. The molecule has 0 spiro atoms. The summed E-state index contributed by atoms with van der Waals surface area (Å²) in [5.41, 5.74) is 9.42. The molecule has 0 saturated carbocycles. The van der Waals surface area contributed by atoms with Gasteiger partial charge in [0, 0.05) is 19.8 Å². The van der Waals surface area contributed by atoms with Crippen molar-refractivity contribution in [2.75, 3.05) is 0 Å². The number of nitrogens with two attached hydrogens (primary N) is 1. The van der Waals surface area contributed by atoms with Crippen molar-refractivity contribution < 1.29 is 5.21 Å². The van der Waals surface area contributed by atoms with E-state index in [0.717, 1.165) is 21.4 Å². The van der Waals surface area contributed by atoms with Gasteiger partial charge in [0.2, 0.25) is 0 Å². The van der Waals surface area contributed by atoms with E-state index < -0.39 is 0 Å². The van der Waals surface area contributed by atoms with Gasteiger partial charge in [0.15, 0.2) is 5.84 Å². The molecule has 3 rings (SSSR count). The molecule has 0 heterocycles. The standard InChI is InChI=1S/C16H15BrN2OS/c17-12-5-7-15(14(9-12)16(18)19-20)21-13-6-4-10-2-1-3-11(10)8-13/h4-9,20H,1-3H2,(H2,18,19). The highest BCUT2D eigenvalue weighted by atomic mass is 79.9. The van der Waals surface area contributed by atoms with Crippen molar-refractivity contribution in [3.05, 3.63) is 57.6 Å². The van der Waals surface area contributed by atoms with Crippen molar-refractivity contribution in [3.63, 3.8) is 0 Å². The number of benzene rings is 2. The first kappa shape index (κ1) is 14.5. The number of nitrogens with zero attached hydrogens (tertiary/aromatic N) is 1. The maximum atomic E-state index is 8.93. The molecule has 0 aromatic heterocycles. The van der Waals surface area contributed by atoms with Gasteiger partial charge >= 0.3 is 0 Å². The van der Waals surface area contributed by atoms with Crippen LogP contribution < -0.4 is 5.73 Å². The van der Waals surface area contributed by atoms with Crippen LogP contribution >= 0.6 is 27.7 Å². The molecule has 2 aromatic carbocycles. The van der Waals surface area contributed by atoms with E-state index >= 15 is 0 Å². The van der Waals surface area contributed by atoms with Crippen molar-refractivity contribution in [2.45, 2.75) is 29.1 Å². The Bertz CT molecular complexity index is 715. The fourth-order valence-corrected chi connectivity index (χ4v) is 3.95. The highest BCUT2D eigenvalue weighted by Crippen LogP contribution is 2.34. The SMILES string of the molecule is N/C(=N/O)c1cc(Br)ccc1Sc1ccc2c(c1)CCC2. The molecule has 0 amide bonds. The molecule has 1 aliphatic carbocycles. The third kappa shape index (κ3) is 3.09. The van der Waals surface area contributed by atoms with Gasteiger partial charge in [-0.15, -0.1) is 0 Å². The van der Waals surface area contributed by atoms with E-state index in [1.807, 2.05) is 18.2 Å². The van der Waals surface area contributed by atoms with E-state index in [4.69, 9.17) is 10.9 Å². The van der Waals surface area contributed by atoms with Crippen molar-refractivity contribution in [1.82, 2.24) is 0 Å². The number of aryl methyl sites for hydroxylation is 2. The largest absolute Gasteiger partial charge is 0.409 e. The Kier molecular flexibility index (Phi) is 4.22. The zero-order valence-corrected chi connectivity index (χ0v) is 13.7. The van der Waals surface area contributed by atoms with Gasteiger partial charge in [-0.1, -0.05) is 38.9 Å². The van der Waals surface area contributed by atoms with Crippen molar-refractivity contribution in [3.8, 4) is 0 Å². The Morgan fingerprint density at radius 2 is 1.95 bits per heavy atom. The Morgan fingerprint density at radius 1 is 1.14 bits per heavy atom. The van der Waals surface area contributed by atoms with Crippen molar-refractivity contribution in [2.24, 2.45) is 10.9 Å². The van der Waals surface area contributed by atoms with Gasteiger partial charge in [0.25, 0.3) is 0 Å². The molecule has 21 heavy (non-hydrogen) atoms. The topological polar surface area (TPSA) is 58.6 Å². The lowest BCUT2D eigenvalue weighted by Crippen LogP contribution is -2.14. The van der Waals surface area contributed by atoms with E-state index in [1.54, 1.807) is 11.8 Å². The Labute approximate surface area is 136 Å². The molecule has 0 fully saturated rings. The number of rotatable bonds is 3. The Balaban J connectivity index is 1.94. The number of hydrogen-bond donors (Lipinski definition) is 2. The van der Waals surface area contributed by atoms with Gasteiger partial charge in [0.1, 0.15) is 0 Å². The zero-order valence-electron chi connectivity index (χ0n) is 11.3. The molecule has 0 saturated heterocycles. The Morgan fingerprint density at radius 3 is 2.76 bits per heavy atom. The number of hydrogen-bond acceptors (Lipinski definition) is 3. The predicted octanol–water partition coefficient (Wildman–Crippen LogP) is 4.18. The summed E-state index contributed by atoms with van der Waals surface area (Å²) in [6, 6.07) is 12.4. The number of halogens is 1. The summed E-state index contributed by atoms with van der Waals surface area (Å²) in [4.78, 5) is 2.16. The zero-order chi connectivity index (χ0) is 14.8. The third-order valence-corrected chi connectivity index (χ3v) is 5.18. The van der Waals surface area contributed by atoms with Gasteiger partial charge in [0.05, 0.1) is 0 Å². The highest BCUT2D eigenvalue weighted by molar-refractivity contribution is 9.10. The number of oxime groups is 1. The molecule has 3 N–H and O–H groups in total. The fourth-order valence-electron chi connectivity index (χ4n) is 2.58. The smallest absolute Gasteiger partial charge is 0.171 e. The molecule has 0 atom stereocenters. The quantitative estimate of drug-likeness (QED) is 0.372. The lowest BCUT2D eigenvalue weighted by molar-refractivity contribution is 0.318. The van der Waals surface area contributed by atoms with Crippen LogP contribution in [-0.4, -0.2) is 11.0 Å². The first-order chi connectivity index (χ1) is 10.2. The molecule has 3 nitrogen and oxygen atoms in total. The van der Waals surface area contributed by atoms with E-state index in [9.17, 15) is 0 Å². The molecule has 0 radical (unpaired) electrons. The van der Waals surface area contributed by atoms with Crippen LogP contribution in [0.3, 0.4) is 0 Å². The summed E-state index contributed by atoms with van der Waals surface area (Å²) in [5, 5.41) is 12.1. The minimum Gasteiger partial charge on any atom is -0.409 e. The fraction of sp³-hybridized carbons (Fsp3) is 0.188.